The number of hydrogen-bond acceptors (Lipinski definition) is 2. The summed E-state index contributed by atoms with van der Waals surface area (Å²) in [6.45, 7) is 0. The maximum absolute atomic E-state index is 8.93. The first-order valence-electron chi connectivity index (χ1n) is 4.11. The summed E-state index contributed by atoms with van der Waals surface area (Å²) in [7, 11) is 0. The summed E-state index contributed by atoms with van der Waals surface area (Å²) in [6.07, 6.45) is 3.14. The normalized spacial score (nSPS) is 9.93. The van der Waals surface area contributed by atoms with Gasteiger partial charge in [0.25, 0.3) is 0 Å². The van der Waals surface area contributed by atoms with E-state index < -0.39 is 0 Å². The Morgan fingerprint density at radius 2 is 2.07 bits per heavy atom. The monoisotopic (exact) mass is 237 g/mol. The van der Waals surface area contributed by atoms with Gasteiger partial charge >= 0.3 is 0 Å². The molecule has 0 spiro atoms. The number of benzene rings is 1. The van der Waals surface area contributed by atoms with Gasteiger partial charge < -0.3 is 0 Å². The van der Waals surface area contributed by atoms with Gasteiger partial charge in [-0.15, -0.1) is 0 Å². The number of aromatic nitrogens is 2. The van der Waals surface area contributed by atoms with E-state index in [-0.39, 0.29) is 0 Å². The molecule has 15 heavy (non-hydrogen) atoms. The van der Waals surface area contributed by atoms with Crippen LogP contribution in [0.15, 0.2) is 30.6 Å². The van der Waals surface area contributed by atoms with Gasteiger partial charge in [-0.25, -0.2) is 4.68 Å². The topological polar surface area (TPSA) is 41.6 Å². The van der Waals surface area contributed by atoms with Crippen molar-refractivity contribution in [3.05, 3.63) is 46.2 Å². The van der Waals surface area contributed by atoms with Gasteiger partial charge in [-0.3, -0.25) is 0 Å². The predicted molar refractivity (Wildman–Crippen MR) is 58.3 cm³/mol. The van der Waals surface area contributed by atoms with E-state index in [2.05, 4.69) is 11.2 Å². The molecule has 0 radical (unpaired) electrons. The third-order valence-electron chi connectivity index (χ3n) is 1.88. The van der Waals surface area contributed by atoms with Gasteiger partial charge in [0.1, 0.15) is 6.07 Å². The molecule has 0 saturated carbocycles. The first kappa shape index (κ1) is 10.0. The average Bonchev–Trinajstić information content (AvgIpc) is 2.64. The molecule has 0 aliphatic heterocycles. The molecule has 0 saturated heterocycles. The van der Waals surface area contributed by atoms with Crippen molar-refractivity contribution in [3.8, 4) is 11.8 Å². The Morgan fingerprint density at radius 3 is 2.67 bits per heavy atom. The lowest BCUT2D eigenvalue weighted by Crippen LogP contribution is -1.97. The molecular formula is C10H5Cl2N3. The fourth-order valence-corrected chi connectivity index (χ4v) is 1.54. The highest BCUT2D eigenvalue weighted by molar-refractivity contribution is 6.31. The molecule has 1 aromatic carbocycles. The van der Waals surface area contributed by atoms with Gasteiger partial charge in [0.2, 0.25) is 0 Å². The zero-order valence-electron chi connectivity index (χ0n) is 7.48. The quantitative estimate of drug-likeness (QED) is 0.766. The van der Waals surface area contributed by atoms with Crippen LogP contribution in [0.3, 0.4) is 0 Å². The summed E-state index contributed by atoms with van der Waals surface area (Å²) in [6, 6.07) is 7.07. The largest absolute Gasteiger partial charge is 0.238 e. The maximum atomic E-state index is 8.93. The molecule has 0 aliphatic carbocycles. The first-order chi connectivity index (χ1) is 7.20. The minimum atomic E-state index is 0.460. The molecular weight excluding hydrogens is 233 g/mol. The summed E-state index contributed by atoms with van der Waals surface area (Å²) >= 11 is 11.5. The van der Waals surface area contributed by atoms with Crippen LogP contribution in [-0.4, -0.2) is 9.78 Å². The molecule has 0 N–H and O–H groups in total. The second kappa shape index (κ2) is 3.93. The summed E-state index contributed by atoms with van der Waals surface area (Å²) in [5.74, 6) is 0. The molecule has 0 fully saturated rings. The lowest BCUT2D eigenvalue weighted by molar-refractivity contribution is 0.877. The molecule has 0 aliphatic rings. The predicted octanol–water partition coefficient (Wildman–Crippen LogP) is 3.05. The van der Waals surface area contributed by atoms with Crippen molar-refractivity contribution in [2.75, 3.05) is 0 Å². The fourth-order valence-electron chi connectivity index (χ4n) is 1.23. The van der Waals surface area contributed by atoms with E-state index in [4.69, 9.17) is 28.5 Å². The SMILES string of the molecule is N#Cc1cc(Cl)ccc1-n1cc(Cl)cn1. The summed E-state index contributed by atoms with van der Waals surface area (Å²) in [5, 5.41) is 14.0. The van der Waals surface area contributed by atoms with Crippen LogP contribution >= 0.6 is 23.2 Å². The van der Waals surface area contributed by atoms with Crippen molar-refractivity contribution in [2.24, 2.45) is 0 Å². The Bertz CT molecular complexity index is 540. The zero-order chi connectivity index (χ0) is 10.8. The van der Waals surface area contributed by atoms with E-state index in [1.807, 2.05) is 0 Å². The van der Waals surface area contributed by atoms with Gasteiger partial charge in [-0.05, 0) is 18.2 Å². The second-order valence-corrected chi connectivity index (χ2v) is 3.75. The number of nitrogens with zero attached hydrogens (tertiary/aromatic N) is 3. The molecule has 2 rings (SSSR count). The number of halogens is 2. The van der Waals surface area contributed by atoms with Crippen molar-refractivity contribution in [1.82, 2.24) is 9.78 Å². The van der Waals surface area contributed by atoms with Crippen LogP contribution in [0.4, 0.5) is 0 Å². The molecule has 1 aromatic heterocycles. The fraction of sp³-hybridized carbons (Fsp3) is 0. The van der Waals surface area contributed by atoms with Crippen LogP contribution in [0.2, 0.25) is 10.0 Å². The molecule has 0 bridgehead atoms. The van der Waals surface area contributed by atoms with E-state index in [0.29, 0.717) is 21.3 Å². The van der Waals surface area contributed by atoms with E-state index in [9.17, 15) is 0 Å². The summed E-state index contributed by atoms with van der Waals surface area (Å²) in [4.78, 5) is 0. The standard InChI is InChI=1S/C10H5Cl2N3/c11-8-1-2-10(7(3-8)4-13)15-6-9(12)5-14-15/h1-3,5-6H. The molecule has 1 heterocycles. The maximum Gasteiger partial charge on any atom is 0.101 e. The Kier molecular flexibility index (Phi) is 2.63. The highest BCUT2D eigenvalue weighted by Crippen LogP contribution is 2.19. The summed E-state index contributed by atoms with van der Waals surface area (Å²) in [5.41, 5.74) is 1.12. The van der Waals surface area contributed by atoms with Crippen LogP contribution < -0.4 is 0 Å². The van der Waals surface area contributed by atoms with Crippen LogP contribution in [0.1, 0.15) is 5.56 Å². The zero-order valence-corrected chi connectivity index (χ0v) is 9.00. The molecule has 74 valence electrons. The Balaban J connectivity index is 2.58. The van der Waals surface area contributed by atoms with Gasteiger partial charge in [-0.2, -0.15) is 10.4 Å². The molecule has 0 unspecified atom stereocenters. The third kappa shape index (κ3) is 1.96. The van der Waals surface area contributed by atoms with Crippen LogP contribution in [0.25, 0.3) is 5.69 Å². The summed E-state index contributed by atoms with van der Waals surface area (Å²) < 4.78 is 1.54. The Morgan fingerprint density at radius 1 is 1.27 bits per heavy atom. The van der Waals surface area contributed by atoms with E-state index in [0.717, 1.165) is 0 Å². The number of nitriles is 1. The van der Waals surface area contributed by atoms with E-state index in [1.54, 1.807) is 24.4 Å². The Labute approximate surface area is 96.5 Å². The van der Waals surface area contributed by atoms with Crippen LogP contribution in [0, 0.1) is 11.3 Å². The van der Waals surface area contributed by atoms with E-state index in [1.165, 1.54) is 10.9 Å². The van der Waals surface area contributed by atoms with Crippen LogP contribution in [0.5, 0.6) is 0 Å². The first-order valence-corrected chi connectivity index (χ1v) is 4.86. The van der Waals surface area contributed by atoms with Gasteiger partial charge in [0.05, 0.1) is 22.5 Å². The van der Waals surface area contributed by atoms with Crippen molar-refractivity contribution in [3.63, 3.8) is 0 Å². The molecule has 0 amide bonds. The molecule has 3 nitrogen and oxygen atoms in total. The lowest BCUT2D eigenvalue weighted by atomic mass is 10.2. The lowest BCUT2D eigenvalue weighted by Gasteiger charge is -2.03. The van der Waals surface area contributed by atoms with Crippen LogP contribution in [-0.2, 0) is 0 Å². The highest BCUT2D eigenvalue weighted by atomic mass is 35.5. The average molecular weight is 238 g/mol. The smallest absolute Gasteiger partial charge is 0.101 e. The number of rotatable bonds is 1. The minimum Gasteiger partial charge on any atom is -0.238 e. The van der Waals surface area contributed by atoms with E-state index >= 15 is 0 Å². The molecule has 0 atom stereocenters. The van der Waals surface area contributed by atoms with Crippen molar-refractivity contribution in [1.29, 1.82) is 5.26 Å². The highest BCUT2D eigenvalue weighted by Gasteiger charge is 2.06. The third-order valence-corrected chi connectivity index (χ3v) is 2.31. The minimum absolute atomic E-state index is 0.460. The second-order valence-electron chi connectivity index (χ2n) is 2.88. The Hall–Kier alpha value is -1.50. The van der Waals surface area contributed by atoms with Crippen molar-refractivity contribution >= 4 is 23.2 Å². The molecule has 2 aromatic rings. The molecule has 5 heteroatoms. The van der Waals surface area contributed by atoms with Gasteiger partial charge in [0, 0.05) is 11.2 Å². The van der Waals surface area contributed by atoms with Gasteiger partial charge in [0.15, 0.2) is 0 Å². The van der Waals surface area contributed by atoms with Crippen molar-refractivity contribution in [2.45, 2.75) is 0 Å². The number of hydrogen-bond donors (Lipinski definition) is 0. The van der Waals surface area contributed by atoms with Gasteiger partial charge in [-0.1, -0.05) is 23.2 Å². The van der Waals surface area contributed by atoms with Crippen molar-refractivity contribution < 1.29 is 0 Å².